The molecular weight excluding hydrogens is 256 g/mol. The van der Waals surface area contributed by atoms with Gasteiger partial charge in [0.1, 0.15) is 11.5 Å². The minimum atomic E-state index is -0.441. The van der Waals surface area contributed by atoms with E-state index in [0.29, 0.717) is 12.1 Å². The lowest BCUT2D eigenvalue weighted by Crippen LogP contribution is -2.11. The van der Waals surface area contributed by atoms with Gasteiger partial charge in [0.2, 0.25) is 0 Å². The van der Waals surface area contributed by atoms with Gasteiger partial charge in [0.15, 0.2) is 0 Å². The molecule has 0 saturated carbocycles. The molecule has 0 heterocycles. The van der Waals surface area contributed by atoms with Crippen molar-refractivity contribution >= 4 is 11.6 Å². The number of benzene rings is 2. The highest BCUT2D eigenvalue weighted by atomic mass is 16.3. The van der Waals surface area contributed by atoms with Gasteiger partial charge in [0, 0.05) is 17.3 Å². The average molecular weight is 268 g/mol. The van der Waals surface area contributed by atoms with Gasteiger partial charge in [-0.05, 0) is 29.8 Å². The number of nitrogens with one attached hydrogen (secondary N) is 1. The topological polar surface area (TPSA) is 93.4 Å². The largest absolute Gasteiger partial charge is 0.508 e. The van der Waals surface area contributed by atoms with E-state index < -0.39 is 5.91 Å². The number of phenols is 2. The molecule has 0 radical (unpaired) electrons. The molecular formula is C15H12N2O3. The Morgan fingerprint density at radius 2 is 1.70 bits per heavy atom. The minimum absolute atomic E-state index is 0.156. The molecule has 0 aliphatic heterocycles. The summed E-state index contributed by atoms with van der Waals surface area (Å²) in [5.41, 5.74) is 1.59. The fraction of sp³-hybridized carbons (Fsp3) is 0.0667. The molecule has 2 aromatic rings. The Kier molecular flexibility index (Phi) is 3.87. The van der Waals surface area contributed by atoms with Crippen LogP contribution in [0.2, 0.25) is 0 Å². The van der Waals surface area contributed by atoms with Crippen molar-refractivity contribution in [1.29, 1.82) is 5.26 Å². The molecule has 0 aromatic heterocycles. The van der Waals surface area contributed by atoms with Gasteiger partial charge in [0.05, 0.1) is 12.5 Å². The number of rotatable bonds is 3. The second-order valence-electron chi connectivity index (χ2n) is 4.22. The molecule has 0 atom stereocenters. The minimum Gasteiger partial charge on any atom is -0.508 e. The zero-order valence-corrected chi connectivity index (χ0v) is 10.5. The quantitative estimate of drug-likeness (QED) is 0.796. The van der Waals surface area contributed by atoms with Gasteiger partial charge in [0.25, 0.3) is 5.91 Å². The number of anilines is 1. The number of nitrogens with zero attached hydrogens (tertiary/aromatic N) is 1. The molecule has 0 saturated heterocycles. The highest BCUT2D eigenvalue weighted by molar-refractivity contribution is 6.04. The standard InChI is InChI=1S/C15H12N2O3/c16-6-5-10-1-3-12(4-2-10)17-15(20)11-7-13(18)9-14(19)8-11/h1-4,7-9,18-19H,5H2,(H,17,20). The van der Waals surface area contributed by atoms with E-state index in [0.717, 1.165) is 11.6 Å². The SMILES string of the molecule is N#CCc1ccc(NC(=O)c2cc(O)cc(O)c2)cc1. The fourth-order valence-electron chi connectivity index (χ4n) is 1.73. The number of carbonyl (C=O) groups is 1. The van der Waals surface area contributed by atoms with E-state index in [2.05, 4.69) is 5.32 Å². The Balaban J connectivity index is 2.13. The van der Waals surface area contributed by atoms with Crippen molar-refractivity contribution in [1.82, 2.24) is 0 Å². The van der Waals surface area contributed by atoms with E-state index in [1.807, 2.05) is 6.07 Å². The summed E-state index contributed by atoms with van der Waals surface area (Å²) < 4.78 is 0. The molecule has 2 aromatic carbocycles. The van der Waals surface area contributed by atoms with Crippen LogP contribution in [0, 0.1) is 11.3 Å². The van der Waals surface area contributed by atoms with E-state index in [9.17, 15) is 15.0 Å². The molecule has 0 fully saturated rings. The summed E-state index contributed by atoms with van der Waals surface area (Å²) >= 11 is 0. The van der Waals surface area contributed by atoms with Crippen molar-refractivity contribution in [3.8, 4) is 17.6 Å². The first-order valence-electron chi connectivity index (χ1n) is 5.89. The Bertz CT molecular complexity index is 652. The molecule has 20 heavy (non-hydrogen) atoms. The molecule has 3 N–H and O–H groups in total. The van der Waals surface area contributed by atoms with Crippen LogP contribution in [-0.2, 0) is 6.42 Å². The number of hydrogen-bond acceptors (Lipinski definition) is 4. The third-order valence-corrected chi connectivity index (χ3v) is 2.66. The maximum atomic E-state index is 11.9. The lowest BCUT2D eigenvalue weighted by molar-refractivity contribution is 0.102. The molecule has 100 valence electrons. The van der Waals surface area contributed by atoms with Crippen LogP contribution in [0.5, 0.6) is 11.5 Å². The normalized spacial score (nSPS) is 9.75. The fourth-order valence-corrected chi connectivity index (χ4v) is 1.73. The van der Waals surface area contributed by atoms with E-state index in [4.69, 9.17) is 5.26 Å². The zero-order valence-electron chi connectivity index (χ0n) is 10.5. The third-order valence-electron chi connectivity index (χ3n) is 2.66. The average Bonchev–Trinajstić information content (AvgIpc) is 2.40. The van der Waals surface area contributed by atoms with Gasteiger partial charge in [-0.3, -0.25) is 4.79 Å². The van der Waals surface area contributed by atoms with Crippen LogP contribution in [0.4, 0.5) is 5.69 Å². The Hall–Kier alpha value is -3.00. The predicted molar refractivity (Wildman–Crippen MR) is 73.5 cm³/mol. The van der Waals surface area contributed by atoms with Crippen LogP contribution in [0.25, 0.3) is 0 Å². The smallest absolute Gasteiger partial charge is 0.255 e. The first-order chi connectivity index (χ1) is 9.58. The summed E-state index contributed by atoms with van der Waals surface area (Å²) in [5.74, 6) is -0.803. The number of nitriles is 1. The van der Waals surface area contributed by atoms with Crippen molar-refractivity contribution < 1.29 is 15.0 Å². The summed E-state index contributed by atoms with van der Waals surface area (Å²) in [6, 6.07) is 12.6. The maximum absolute atomic E-state index is 11.9. The van der Waals surface area contributed by atoms with Gasteiger partial charge < -0.3 is 15.5 Å². The molecule has 0 bridgehead atoms. The lowest BCUT2D eigenvalue weighted by Gasteiger charge is -2.06. The van der Waals surface area contributed by atoms with Crippen molar-refractivity contribution in [2.24, 2.45) is 0 Å². The molecule has 2 rings (SSSR count). The van der Waals surface area contributed by atoms with Crippen LogP contribution >= 0.6 is 0 Å². The van der Waals surface area contributed by atoms with Crippen LogP contribution in [0.3, 0.4) is 0 Å². The van der Waals surface area contributed by atoms with E-state index in [1.165, 1.54) is 12.1 Å². The second-order valence-corrected chi connectivity index (χ2v) is 4.22. The van der Waals surface area contributed by atoms with E-state index in [-0.39, 0.29) is 17.1 Å². The van der Waals surface area contributed by atoms with Crippen molar-refractivity contribution in [3.63, 3.8) is 0 Å². The van der Waals surface area contributed by atoms with Crippen LogP contribution in [0.15, 0.2) is 42.5 Å². The van der Waals surface area contributed by atoms with Gasteiger partial charge in [-0.2, -0.15) is 5.26 Å². The lowest BCUT2D eigenvalue weighted by atomic mass is 10.1. The Morgan fingerprint density at radius 1 is 1.10 bits per heavy atom. The molecule has 0 aliphatic rings. The molecule has 5 nitrogen and oxygen atoms in total. The Labute approximate surface area is 115 Å². The van der Waals surface area contributed by atoms with Gasteiger partial charge in [-0.25, -0.2) is 0 Å². The number of hydrogen-bond donors (Lipinski definition) is 3. The second kappa shape index (κ2) is 5.76. The van der Waals surface area contributed by atoms with Crippen molar-refractivity contribution in [2.45, 2.75) is 6.42 Å². The maximum Gasteiger partial charge on any atom is 0.255 e. The molecule has 0 spiro atoms. The molecule has 5 heteroatoms. The first kappa shape index (κ1) is 13.4. The summed E-state index contributed by atoms with van der Waals surface area (Å²) in [7, 11) is 0. The number of carbonyl (C=O) groups excluding carboxylic acids is 1. The summed E-state index contributed by atoms with van der Waals surface area (Å²) in [6.07, 6.45) is 0.314. The highest BCUT2D eigenvalue weighted by Gasteiger charge is 2.08. The molecule has 0 unspecified atom stereocenters. The van der Waals surface area contributed by atoms with E-state index >= 15 is 0 Å². The van der Waals surface area contributed by atoms with Gasteiger partial charge in [-0.1, -0.05) is 12.1 Å². The number of amides is 1. The predicted octanol–water partition coefficient (Wildman–Crippen LogP) is 2.42. The monoisotopic (exact) mass is 268 g/mol. The van der Waals surface area contributed by atoms with Gasteiger partial charge >= 0.3 is 0 Å². The van der Waals surface area contributed by atoms with Crippen LogP contribution in [-0.4, -0.2) is 16.1 Å². The number of phenolic OH excluding ortho intramolecular Hbond substituents is 2. The van der Waals surface area contributed by atoms with Crippen molar-refractivity contribution in [2.75, 3.05) is 5.32 Å². The van der Waals surface area contributed by atoms with Crippen LogP contribution < -0.4 is 5.32 Å². The van der Waals surface area contributed by atoms with E-state index in [1.54, 1.807) is 24.3 Å². The van der Waals surface area contributed by atoms with Gasteiger partial charge in [-0.15, -0.1) is 0 Å². The number of aromatic hydroxyl groups is 2. The first-order valence-corrected chi connectivity index (χ1v) is 5.89. The summed E-state index contributed by atoms with van der Waals surface area (Å²) in [6.45, 7) is 0. The zero-order chi connectivity index (χ0) is 14.5. The molecule has 1 amide bonds. The van der Waals surface area contributed by atoms with Crippen molar-refractivity contribution in [3.05, 3.63) is 53.6 Å². The highest BCUT2D eigenvalue weighted by Crippen LogP contribution is 2.21. The third kappa shape index (κ3) is 3.27. The van der Waals surface area contributed by atoms with Crippen LogP contribution in [0.1, 0.15) is 15.9 Å². The molecule has 0 aliphatic carbocycles. The Morgan fingerprint density at radius 3 is 2.25 bits per heavy atom. The summed E-state index contributed by atoms with van der Waals surface area (Å²) in [4.78, 5) is 11.9. The summed E-state index contributed by atoms with van der Waals surface area (Å²) in [5, 5.41) is 29.9.